The lowest BCUT2D eigenvalue weighted by molar-refractivity contribution is 0.0694. The molecule has 3 aromatic carbocycles. The fourth-order valence-electron chi connectivity index (χ4n) is 4.68. The summed E-state index contributed by atoms with van der Waals surface area (Å²) in [6.45, 7) is 0.997. The summed E-state index contributed by atoms with van der Waals surface area (Å²) in [6, 6.07) is 20.2. The predicted octanol–water partition coefficient (Wildman–Crippen LogP) is 4.66. The van der Waals surface area contributed by atoms with Gasteiger partial charge in [0.15, 0.2) is 9.84 Å². The second kappa shape index (κ2) is 12.1. The molecule has 0 fully saturated rings. The first kappa shape index (κ1) is 28.3. The lowest BCUT2D eigenvalue weighted by Gasteiger charge is -2.27. The summed E-state index contributed by atoms with van der Waals surface area (Å²) in [5.41, 5.74) is 3.46. The first-order valence-electron chi connectivity index (χ1n) is 13.1. The number of fused-ring (bicyclic) bond motifs is 1. The molecule has 4 aromatic rings. The molecule has 212 valence electrons. The highest BCUT2D eigenvalue weighted by Crippen LogP contribution is 2.35. The number of aromatic nitrogens is 1. The van der Waals surface area contributed by atoms with Crippen LogP contribution >= 0.6 is 0 Å². The Morgan fingerprint density at radius 1 is 1.10 bits per heavy atom. The van der Waals surface area contributed by atoms with Gasteiger partial charge in [-0.3, -0.25) is 4.98 Å². The molecule has 41 heavy (non-hydrogen) atoms. The molecule has 0 radical (unpaired) electrons. The van der Waals surface area contributed by atoms with Crippen molar-refractivity contribution in [3.8, 4) is 28.4 Å². The van der Waals surface area contributed by atoms with Crippen LogP contribution in [0, 0.1) is 0 Å². The first-order chi connectivity index (χ1) is 19.7. The van der Waals surface area contributed by atoms with E-state index in [4.69, 9.17) is 9.47 Å². The Balaban J connectivity index is 1.27. The second-order valence-corrected chi connectivity index (χ2v) is 11.9. The van der Waals surface area contributed by atoms with Crippen LogP contribution in [-0.4, -0.2) is 55.0 Å². The van der Waals surface area contributed by atoms with Crippen molar-refractivity contribution in [2.75, 3.05) is 19.3 Å². The quantitative estimate of drug-likeness (QED) is 0.247. The number of hydrogen-bond donors (Lipinski definition) is 3. The number of pyridine rings is 1. The van der Waals surface area contributed by atoms with Crippen molar-refractivity contribution < 1.29 is 32.9 Å². The van der Waals surface area contributed by atoms with Crippen molar-refractivity contribution in [1.82, 2.24) is 10.3 Å². The SMILES string of the molecule is CS(=O)(=O)c1ccc(Oc2cc(-c3ccc4c(c3)CC[C@H](CNC[C@@H](O)c3cccnc3)O4)ccc2C(=O)O)cc1. The third-order valence-corrected chi connectivity index (χ3v) is 8.02. The zero-order chi connectivity index (χ0) is 29.0. The third-order valence-electron chi connectivity index (χ3n) is 6.89. The van der Waals surface area contributed by atoms with Crippen molar-refractivity contribution in [3.05, 3.63) is 102 Å². The molecule has 9 nitrogen and oxygen atoms in total. The van der Waals surface area contributed by atoms with Gasteiger partial charge >= 0.3 is 5.97 Å². The van der Waals surface area contributed by atoms with Crippen molar-refractivity contribution in [3.63, 3.8) is 0 Å². The van der Waals surface area contributed by atoms with Gasteiger partial charge in [0.1, 0.15) is 28.9 Å². The molecule has 10 heteroatoms. The number of nitrogens with one attached hydrogen (secondary N) is 1. The van der Waals surface area contributed by atoms with Crippen LogP contribution in [0.25, 0.3) is 11.1 Å². The summed E-state index contributed by atoms with van der Waals surface area (Å²) in [6.07, 6.45) is 5.39. The summed E-state index contributed by atoms with van der Waals surface area (Å²) in [5, 5.41) is 23.3. The highest BCUT2D eigenvalue weighted by atomic mass is 32.2. The van der Waals surface area contributed by atoms with Crippen LogP contribution in [0.4, 0.5) is 0 Å². The van der Waals surface area contributed by atoms with Gasteiger partial charge < -0.3 is 25.0 Å². The molecule has 0 saturated carbocycles. The maximum absolute atomic E-state index is 11.9. The molecule has 1 aromatic heterocycles. The van der Waals surface area contributed by atoms with E-state index in [1.165, 1.54) is 30.3 Å². The molecule has 0 aliphatic carbocycles. The Kier molecular flexibility index (Phi) is 8.34. The van der Waals surface area contributed by atoms with E-state index in [0.29, 0.717) is 18.8 Å². The van der Waals surface area contributed by atoms with E-state index in [1.807, 2.05) is 24.3 Å². The molecule has 0 amide bonds. The molecule has 1 aliphatic rings. The fraction of sp³-hybridized carbons (Fsp3) is 0.226. The van der Waals surface area contributed by atoms with Gasteiger partial charge in [0.2, 0.25) is 0 Å². The van der Waals surface area contributed by atoms with Crippen molar-refractivity contribution in [1.29, 1.82) is 0 Å². The van der Waals surface area contributed by atoms with Crippen LogP contribution in [0.5, 0.6) is 17.2 Å². The molecular formula is C31H30N2O7S. The average molecular weight is 575 g/mol. The van der Waals surface area contributed by atoms with Gasteiger partial charge in [-0.05, 0) is 84.1 Å². The molecule has 5 rings (SSSR count). The predicted molar refractivity (Wildman–Crippen MR) is 153 cm³/mol. The maximum atomic E-state index is 11.9. The minimum atomic E-state index is -3.36. The molecule has 0 unspecified atom stereocenters. The Morgan fingerprint density at radius 3 is 2.56 bits per heavy atom. The van der Waals surface area contributed by atoms with Gasteiger partial charge in [0.25, 0.3) is 0 Å². The minimum absolute atomic E-state index is 0.00813. The summed E-state index contributed by atoms with van der Waals surface area (Å²) in [5.74, 6) is 0.133. The largest absolute Gasteiger partial charge is 0.489 e. The number of aryl methyl sites for hydroxylation is 1. The minimum Gasteiger partial charge on any atom is -0.489 e. The number of carbonyl (C=O) groups is 1. The summed E-state index contributed by atoms with van der Waals surface area (Å²) in [4.78, 5) is 16.0. The van der Waals surface area contributed by atoms with Crippen molar-refractivity contribution in [2.24, 2.45) is 0 Å². The molecule has 3 N–H and O–H groups in total. The van der Waals surface area contributed by atoms with E-state index in [-0.39, 0.29) is 22.3 Å². The average Bonchev–Trinajstić information content (AvgIpc) is 2.97. The smallest absolute Gasteiger partial charge is 0.339 e. The lowest BCUT2D eigenvalue weighted by Crippen LogP contribution is -2.36. The zero-order valence-electron chi connectivity index (χ0n) is 22.4. The highest BCUT2D eigenvalue weighted by molar-refractivity contribution is 7.90. The van der Waals surface area contributed by atoms with E-state index in [1.54, 1.807) is 30.6 Å². The number of sulfone groups is 1. The zero-order valence-corrected chi connectivity index (χ0v) is 23.2. The van der Waals surface area contributed by atoms with Gasteiger partial charge in [-0.1, -0.05) is 18.2 Å². The van der Waals surface area contributed by atoms with E-state index < -0.39 is 21.9 Å². The molecule has 2 heterocycles. The Hall–Kier alpha value is -4.25. The number of carboxylic acid groups (broad SMARTS) is 1. The number of aromatic carboxylic acids is 1. The van der Waals surface area contributed by atoms with E-state index in [9.17, 15) is 23.4 Å². The molecule has 0 spiro atoms. The van der Waals surface area contributed by atoms with Crippen LogP contribution in [-0.2, 0) is 16.3 Å². The van der Waals surface area contributed by atoms with Gasteiger partial charge in [-0.2, -0.15) is 0 Å². The molecule has 2 atom stereocenters. The monoisotopic (exact) mass is 574 g/mol. The molecule has 0 saturated heterocycles. The van der Waals surface area contributed by atoms with Gasteiger partial charge in [0, 0.05) is 37.3 Å². The van der Waals surface area contributed by atoms with Crippen LogP contribution in [0.2, 0.25) is 0 Å². The Labute approximate surface area is 238 Å². The summed E-state index contributed by atoms with van der Waals surface area (Å²) < 4.78 is 35.6. The normalized spacial score (nSPS) is 15.4. The fourth-order valence-corrected chi connectivity index (χ4v) is 5.32. The Bertz CT molecular complexity index is 1640. The number of benzene rings is 3. The van der Waals surface area contributed by atoms with Crippen molar-refractivity contribution >= 4 is 15.8 Å². The number of carboxylic acids is 1. The van der Waals surface area contributed by atoms with E-state index >= 15 is 0 Å². The number of rotatable bonds is 10. The van der Waals surface area contributed by atoms with Gasteiger partial charge in [-0.25, -0.2) is 13.2 Å². The van der Waals surface area contributed by atoms with Crippen LogP contribution in [0.15, 0.2) is 90.1 Å². The topological polar surface area (TPSA) is 135 Å². The second-order valence-electron chi connectivity index (χ2n) is 9.92. The van der Waals surface area contributed by atoms with Crippen LogP contribution < -0.4 is 14.8 Å². The molecule has 1 aliphatic heterocycles. The van der Waals surface area contributed by atoms with E-state index in [0.717, 1.165) is 47.1 Å². The Morgan fingerprint density at radius 2 is 1.85 bits per heavy atom. The van der Waals surface area contributed by atoms with E-state index in [2.05, 4.69) is 10.3 Å². The highest BCUT2D eigenvalue weighted by Gasteiger charge is 2.21. The third kappa shape index (κ3) is 6.91. The van der Waals surface area contributed by atoms with Gasteiger partial charge in [-0.15, -0.1) is 0 Å². The number of aliphatic hydroxyl groups excluding tert-OH is 1. The van der Waals surface area contributed by atoms with Gasteiger partial charge in [0.05, 0.1) is 11.0 Å². The maximum Gasteiger partial charge on any atom is 0.339 e. The molecule has 0 bridgehead atoms. The van der Waals surface area contributed by atoms with Crippen molar-refractivity contribution in [2.45, 2.75) is 29.9 Å². The standard InChI is InChI=1S/C31H30N2O7S/c1-41(37,38)26-10-8-24(9-11-26)39-30-16-21(5-12-27(30)31(35)36)20-6-13-29-22(15-20)4-7-25(40-29)18-33-19-28(34)23-3-2-14-32-17-23/h2-3,5-6,8-17,25,28,33-34H,4,7,18-19H2,1H3,(H,35,36)/t25-,28-/m1/s1. The number of aliphatic hydroxyl groups is 1. The van der Waals surface area contributed by atoms with Crippen LogP contribution in [0.1, 0.15) is 34.0 Å². The molecular weight excluding hydrogens is 544 g/mol. The van der Waals surface area contributed by atoms with Crippen LogP contribution in [0.3, 0.4) is 0 Å². The lowest BCUT2D eigenvalue weighted by atomic mass is 9.96. The summed E-state index contributed by atoms with van der Waals surface area (Å²) >= 11 is 0. The summed E-state index contributed by atoms with van der Waals surface area (Å²) in [7, 11) is -3.36. The number of hydrogen-bond acceptors (Lipinski definition) is 8. The number of ether oxygens (including phenoxy) is 2. The number of nitrogens with zero attached hydrogens (tertiary/aromatic N) is 1. The first-order valence-corrected chi connectivity index (χ1v) is 15.0.